The van der Waals surface area contributed by atoms with Gasteiger partial charge in [-0.05, 0) is 192 Å². The molecule has 0 aliphatic heterocycles. The second-order valence-electron chi connectivity index (χ2n) is 20.3. The van der Waals surface area contributed by atoms with Crippen molar-refractivity contribution < 1.29 is 33.2 Å². The molecule has 12 rings (SSSR count). The quantitative estimate of drug-likeness (QED) is 0.0992. The molecule has 2 N–H and O–H groups in total. The summed E-state index contributed by atoms with van der Waals surface area (Å²) in [6.45, 7) is 16.1. The van der Waals surface area contributed by atoms with Crippen molar-refractivity contribution in [1.82, 2.24) is 40.5 Å². The van der Waals surface area contributed by atoms with Gasteiger partial charge in [0.2, 0.25) is 0 Å². The lowest BCUT2D eigenvalue weighted by Crippen LogP contribution is -2.18. The molecule has 0 atom stereocenters. The molecule has 1 amide bonds. The van der Waals surface area contributed by atoms with Gasteiger partial charge in [0.05, 0.1) is 23.8 Å². The first kappa shape index (κ1) is 67.5. The molecule has 6 heterocycles. The van der Waals surface area contributed by atoms with E-state index in [1.807, 2.05) is 248 Å². The number of aryl methyl sites for hydroxylation is 6. The standard InChI is InChI=1S/C15H16N2O.C14H14N2O2.4C12H11NO/c1-11-4-6-13(7-5-11)18-14-8-9-17-15(10-14)12(2)16-3;1-10-4-3-5-11(8-10)18-12-6-7-16-13(9-12)14(17)15-2;1-10-2-4-11(5-3-10)14-12-6-8-13-9-7-12;1-10-4-2-5-11(8-10)14-12-6-3-7-13-9-12;1-10-4-6-11(7-5-10)14-12-3-2-8-13-9-12;1-10-3-2-4-12(9-10)14-11-5-7-13-8-6-11/h4-10,16H,2H2,1,3H3;3-9H,1-2H3,(H,15,17);4*2-9H,1H3. The molecule has 92 heavy (non-hydrogen) atoms. The summed E-state index contributed by atoms with van der Waals surface area (Å²) in [5.74, 6) is 9.19. The van der Waals surface area contributed by atoms with E-state index in [9.17, 15) is 4.79 Å². The summed E-state index contributed by atoms with van der Waals surface area (Å²) in [5.41, 5.74) is 9.04. The predicted molar refractivity (Wildman–Crippen MR) is 364 cm³/mol. The summed E-state index contributed by atoms with van der Waals surface area (Å²) in [7, 11) is 3.38. The van der Waals surface area contributed by atoms with Gasteiger partial charge in [-0.3, -0.25) is 34.7 Å². The number of hydrogen-bond donors (Lipinski definition) is 2. The van der Waals surface area contributed by atoms with E-state index in [-0.39, 0.29) is 5.91 Å². The molecule has 0 radical (unpaired) electrons. The van der Waals surface area contributed by atoms with Crippen LogP contribution in [0.25, 0.3) is 5.70 Å². The molecule has 15 nitrogen and oxygen atoms in total. The van der Waals surface area contributed by atoms with Crippen LogP contribution in [-0.2, 0) is 0 Å². The summed E-state index contributed by atoms with van der Waals surface area (Å²) in [6, 6.07) is 69.2. The zero-order valence-corrected chi connectivity index (χ0v) is 52.8. The molecule has 0 saturated heterocycles. The highest BCUT2D eigenvalue weighted by Crippen LogP contribution is 2.27. The Morgan fingerprint density at radius 1 is 0.293 bits per heavy atom. The fraction of sp³-hybridized carbons (Fsp3) is 0.104. The molecule has 0 fully saturated rings. The van der Waals surface area contributed by atoms with Crippen molar-refractivity contribution in [3.8, 4) is 69.0 Å². The van der Waals surface area contributed by atoms with Crippen molar-refractivity contribution in [3.63, 3.8) is 0 Å². The van der Waals surface area contributed by atoms with Gasteiger partial charge in [-0.2, -0.15) is 0 Å². The summed E-state index contributed by atoms with van der Waals surface area (Å²) in [4.78, 5) is 35.4. The SMILES string of the molecule is C=C(NC)c1cc(Oc2ccc(C)cc2)ccn1.CNC(=O)c1cc(Oc2cccc(C)c2)ccn1.Cc1ccc(Oc2cccnc2)cc1.Cc1ccc(Oc2ccncc2)cc1.Cc1cccc(Oc2cccnc2)c1.Cc1cccc(Oc2ccncc2)c1. The van der Waals surface area contributed by atoms with Crippen molar-refractivity contribution >= 4 is 11.6 Å². The Bertz CT molecular complexity index is 3950. The lowest BCUT2D eigenvalue weighted by Gasteiger charge is -2.08. The first-order chi connectivity index (χ1) is 44.7. The topological polar surface area (TPSA) is 174 Å². The van der Waals surface area contributed by atoms with Crippen molar-refractivity contribution in [2.24, 2.45) is 0 Å². The molecule has 0 saturated carbocycles. The number of pyridine rings is 6. The molecule has 464 valence electrons. The van der Waals surface area contributed by atoms with Crippen LogP contribution in [0.4, 0.5) is 0 Å². The Labute approximate surface area is 539 Å². The van der Waals surface area contributed by atoms with Gasteiger partial charge in [-0.1, -0.05) is 96.1 Å². The first-order valence-corrected chi connectivity index (χ1v) is 29.3. The smallest absolute Gasteiger partial charge is 0.269 e. The second-order valence-corrected chi connectivity index (χ2v) is 20.3. The minimum Gasteiger partial charge on any atom is -0.457 e. The van der Waals surface area contributed by atoms with Crippen molar-refractivity contribution in [2.45, 2.75) is 41.5 Å². The summed E-state index contributed by atoms with van der Waals surface area (Å²) < 4.78 is 33.8. The predicted octanol–water partition coefficient (Wildman–Crippen LogP) is 18.6. The molecule has 0 unspecified atom stereocenters. The average Bonchev–Trinajstić information content (AvgIpc) is 2.18. The van der Waals surface area contributed by atoms with Gasteiger partial charge in [-0.15, -0.1) is 0 Å². The number of carbonyl (C=O) groups excluding carboxylic acids is 1. The molecule has 12 aromatic rings. The fourth-order valence-corrected chi connectivity index (χ4v) is 7.79. The van der Waals surface area contributed by atoms with Gasteiger partial charge in [0, 0.05) is 75.8 Å². The fourth-order valence-electron chi connectivity index (χ4n) is 7.79. The molecular formula is C77H74N8O7. The van der Waals surface area contributed by atoms with Gasteiger partial charge < -0.3 is 39.1 Å². The minimum absolute atomic E-state index is 0.232. The highest BCUT2D eigenvalue weighted by atomic mass is 16.5. The zero-order valence-electron chi connectivity index (χ0n) is 52.8. The number of nitrogens with zero attached hydrogens (tertiary/aromatic N) is 6. The summed E-state index contributed by atoms with van der Waals surface area (Å²) in [5, 5.41) is 5.49. The largest absolute Gasteiger partial charge is 0.457 e. The van der Waals surface area contributed by atoms with Gasteiger partial charge in [0.1, 0.15) is 74.7 Å². The Morgan fingerprint density at radius 3 is 0.957 bits per heavy atom. The third-order valence-electron chi connectivity index (χ3n) is 12.5. The van der Waals surface area contributed by atoms with Gasteiger partial charge in [0.25, 0.3) is 5.91 Å². The Kier molecular flexibility index (Phi) is 27.2. The molecular weight excluding hydrogens is 1150 g/mol. The van der Waals surface area contributed by atoms with Crippen LogP contribution in [0.15, 0.2) is 287 Å². The second kappa shape index (κ2) is 37.0. The van der Waals surface area contributed by atoms with Crippen LogP contribution >= 0.6 is 0 Å². The maximum atomic E-state index is 11.4. The summed E-state index contributed by atoms with van der Waals surface area (Å²) >= 11 is 0. The number of carbonyl (C=O) groups is 1. The van der Waals surface area contributed by atoms with Gasteiger partial charge in [0.15, 0.2) is 0 Å². The zero-order chi connectivity index (χ0) is 65.1. The van der Waals surface area contributed by atoms with E-state index in [1.165, 1.54) is 27.8 Å². The molecule has 0 spiro atoms. The average molecular weight is 1220 g/mol. The highest BCUT2D eigenvalue weighted by molar-refractivity contribution is 5.92. The summed E-state index contributed by atoms with van der Waals surface area (Å²) in [6.07, 6.45) is 17.0. The molecule has 15 heteroatoms. The Balaban J connectivity index is 0.000000157. The van der Waals surface area contributed by atoms with E-state index in [0.717, 1.165) is 80.2 Å². The molecule has 0 aliphatic carbocycles. The van der Waals surface area contributed by atoms with E-state index in [4.69, 9.17) is 28.4 Å². The van der Waals surface area contributed by atoms with Crippen molar-refractivity contribution in [3.05, 3.63) is 332 Å². The molecule has 0 aliphatic rings. The maximum absolute atomic E-state index is 11.4. The van der Waals surface area contributed by atoms with Gasteiger partial charge in [-0.25, -0.2) is 0 Å². The van der Waals surface area contributed by atoms with Crippen LogP contribution in [0.3, 0.4) is 0 Å². The van der Waals surface area contributed by atoms with Crippen molar-refractivity contribution in [1.29, 1.82) is 0 Å². The molecule has 6 aromatic heterocycles. The third-order valence-corrected chi connectivity index (χ3v) is 12.5. The number of hydrogen-bond acceptors (Lipinski definition) is 14. The van der Waals surface area contributed by atoms with E-state index in [2.05, 4.69) is 54.0 Å². The van der Waals surface area contributed by atoms with Gasteiger partial charge >= 0.3 is 0 Å². The normalized spacial score (nSPS) is 9.83. The highest BCUT2D eigenvalue weighted by Gasteiger charge is 2.08. The number of ether oxygens (including phenoxy) is 6. The third kappa shape index (κ3) is 25.0. The monoisotopic (exact) mass is 1220 g/mol. The number of aromatic nitrogens is 6. The number of amides is 1. The van der Waals surface area contributed by atoms with E-state index in [1.54, 1.807) is 81.1 Å². The Morgan fingerprint density at radius 2 is 0.598 bits per heavy atom. The lowest BCUT2D eigenvalue weighted by molar-refractivity contribution is 0.0957. The van der Waals surface area contributed by atoms with Crippen LogP contribution in [0.2, 0.25) is 0 Å². The number of rotatable bonds is 15. The van der Waals surface area contributed by atoms with Crippen LogP contribution in [0.5, 0.6) is 69.0 Å². The maximum Gasteiger partial charge on any atom is 0.269 e. The van der Waals surface area contributed by atoms with Crippen LogP contribution in [-0.4, -0.2) is 49.9 Å². The van der Waals surface area contributed by atoms with E-state index in [0.29, 0.717) is 11.4 Å². The van der Waals surface area contributed by atoms with Crippen LogP contribution in [0, 0.1) is 41.5 Å². The minimum atomic E-state index is -0.232. The van der Waals surface area contributed by atoms with Crippen molar-refractivity contribution in [2.75, 3.05) is 14.1 Å². The van der Waals surface area contributed by atoms with E-state index >= 15 is 0 Å². The van der Waals surface area contributed by atoms with Crippen LogP contribution in [0.1, 0.15) is 49.6 Å². The Hall–Kier alpha value is -12.0. The first-order valence-electron chi connectivity index (χ1n) is 29.3. The molecule has 6 aromatic carbocycles. The number of benzene rings is 6. The lowest BCUT2D eigenvalue weighted by atomic mass is 10.2. The van der Waals surface area contributed by atoms with E-state index < -0.39 is 0 Å². The van der Waals surface area contributed by atoms with Crippen LogP contribution < -0.4 is 39.1 Å². The number of nitrogens with one attached hydrogen (secondary N) is 2. The molecule has 0 bridgehead atoms.